The molecule has 1 fully saturated rings. The van der Waals surface area contributed by atoms with Gasteiger partial charge in [0.1, 0.15) is 0 Å². The summed E-state index contributed by atoms with van der Waals surface area (Å²) in [4.78, 5) is 0. The number of nitrogens with zero attached hydrogens (tertiary/aromatic N) is 1. The second-order valence-electron chi connectivity index (χ2n) is 3.61. The van der Waals surface area contributed by atoms with E-state index in [0.717, 1.165) is 13.0 Å². The van der Waals surface area contributed by atoms with E-state index in [0.29, 0.717) is 5.92 Å². The Kier molecular flexibility index (Phi) is 2.78. The van der Waals surface area contributed by atoms with Gasteiger partial charge in [-0.05, 0) is 19.3 Å². The molecule has 72 valence electrons. The molecule has 12 heavy (non-hydrogen) atoms. The van der Waals surface area contributed by atoms with Gasteiger partial charge in [0.2, 0.25) is 10.0 Å². The lowest BCUT2D eigenvalue weighted by Gasteiger charge is -2.42. The van der Waals surface area contributed by atoms with Crippen LogP contribution in [-0.2, 0) is 10.0 Å². The van der Waals surface area contributed by atoms with E-state index in [9.17, 15) is 8.42 Å². The molecule has 1 aliphatic rings. The van der Waals surface area contributed by atoms with E-state index in [2.05, 4.69) is 13.8 Å². The van der Waals surface area contributed by atoms with Gasteiger partial charge in [-0.25, -0.2) is 8.42 Å². The van der Waals surface area contributed by atoms with Crippen LogP contribution < -0.4 is 0 Å². The molecule has 0 aromatic heterocycles. The first-order chi connectivity index (χ1) is 5.49. The predicted octanol–water partition coefficient (Wildman–Crippen LogP) is 1.07. The van der Waals surface area contributed by atoms with Crippen LogP contribution >= 0.6 is 0 Å². The Balaban J connectivity index is 2.67. The quantitative estimate of drug-likeness (QED) is 0.669. The summed E-state index contributed by atoms with van der Waals surface area (Å²) in [6.45, 7) is 6.56. The van der Waals surface area contributed by atoms with Gasteiger partial charge in [-0.3, -0.25) is 0 Å². The van der Waals surface area contributed by atoms with Crippen LogP contribution in [-0.4, -0.2) is 31.1 Å². The fourth-order valence-electron chi connectivity index (χ4n) is 1.56. The number of hydrogen-bond acceptors (Lipinski definition) is 2. The van der Waals surface area contributed by atoms with Crippen molar-refractivity contribution < 1.29 is 8.42 Å². The standard InChI is InChI=1S/C8H17NO2S/c1-4-12(10,11)9-6-5-8(9)7(2)3/h7-8H,4-6H2,1-3H3. The van der Waals surface area contributed by atoms with E-state index in [-0.39, 0.29) is 11.8 Å². The average Bonchev–Trinajstić information content (AvgIpc) is 1.82. The molecule has 1 unspecified atom stereocenters. The van der Waals surface area contributed by atoms with Crippen LogP contribution in [0.2, 0.25) is 0 Å². The van der Waals surface area contributed by atoms with Crippen LogP contribution in [0.3, 0.4) is 0 Å². The molecular weight excluding hydrogens is 174 g/mol. The molecule has 0 aliphatic carbocycles. The van der Waals surface area contributed by atoms with Crippen molar-refractivity contribution in [3.8, 4) is 0 Å². The lowest BCUT2D eigenvalue weighted by Crippen LogP contribution is -2.53. The number of hydrogen-bond donors (Lipinski definition) is 0. The predicted molar refractivity (Wildman–Crippen MR) is 49.4 cm³/mol. The fourth-order valence-corrected chi connectivity index (χ4v) is 3.04. The molecule has 0 bridgehead atoms. The molecule has 1 aliphatic heterocycles. The van der Waals surface area contributed by atoms with Gasteiger partial charge in [-0.2, -0.15) is 4.31 Å². The van der Waals surface area contributed by atoms with Crippen LogP contribution in [0.4, 0.5) is 0 Å². The zero-order valence-electron chi connectivity index (χ0n) is 7.95. The maximum absolute atomic E-state index is 11.4. The van der Waals surface area contributed by atoms with Crippen LogP contribution in [0.5, 0.6) is 0 Å². The topological polar surface area (TPSA) is 37.4 Å². The SMILES string of the molecule is CCS(=O)(=O)N1CCC1C(C)C. The van der Waals surface area contributed by atoms with Gasteiger partial charge in [0.25, 0.3) is 0 Å². The summed E-state index contributed by atoms with van der Waals surface area (Å²) < 4.78 is 24.5. The third kappa shape index (κ3) is 1.64. The highest BCUT2D eigenvalue weighted by molar-refractivity contribution is 7.89. The van der Waals surface area contributed by atoms with Crippen molar-refractivity contribution in [1.29, 1.82) is 0 Å². The smallest absolute Gasteiger partial charge is 0.212 e. The Labute approximate surface area is 74.8 Å². The number of rotatable bonds is 3. The molecule has 1 saturated heterocycles. The van der Waals surface area contributed by atoms with E-state index in [1.807, 2.05) is 0 Å². The summed E-state index contributed by atoms with van der Waals surface area (Å²) in [7, 11) is -2.92. The van der Waals surface area contributed by atoms with Gasteiger partial charge >= 0.3 is 0 Å². The first kappa shape index (κ1) is 9.99. The van der Waals surface area contributed by atoms with E-state index in [1.165, 1.54) is 0 Å². The first-order valence-electron chi connectivity index (χ1n) is 4.48. The molecule has 0 radical (unpaired) electrons. The Morgan fingerprint density at radius 3 is 2.33 bits per heavy atom. The third-order valence-corrected chi connectivity index (χ3v) is 4.40. The Bertz CT molecular complexity index is 246. The minimum Gasteiger partial charge on any atom is -0.212 e. The van der Waals surface area contributed by atoms with Crippen molar-refractivity contribution in [3.63, 3.8) is 0 Å². The van der Waals surface area contributed by atoms with Crippen molar-refractivity contribution in [1.82, 2.24) is 4.31 Å². The molecule has 0 aromatic carbocycles. The van der Waals surface area contributed by atoms with Gasteiger partial charge in [0.15, 0.2) is 0 Å². The maximum atomic E-state index is 11.4. The van der Waals surface area contributed by atoms with E-state index < -0.39 is 10.0 Å². The van der Waals surface area contributed by atoms with Crippen molar-refractivity contribution >= 4 is 10.0 Å². The number of sulfonamides is 1. The fraction of sp³-hybridized carbons (Fsp3) is 1.00. The molecule has 0 N–H and O–H groups in total. The van der Waals surface area contributed by atoms with Crippen LogP contribution in [0.1, 0.15) is 27.2 Å². The Morgan fingerprint density at radius 2 is 2.08 bits per heavy atom. The zero-order chi connectivity index (χ0) is 9.35. The minimum absolute atomic E-state index is 0.232. The molecule has 0 spiro atoms. The summed E-state index contributed by atoms with van der Waals surface area (Å²) in [5.74, 6) is 0.677. The normalized spacial score (nSPS) is 25.8. The highest BCUT2D eigenvalue weighted by Crippen LogP contribution is 2.27. The largest absolute Gasteiger partial charge is 0.214 e. The molecular formula is C8H17NO2S. The second-order valence-corrected chi connectivity index (χ2v) is 5.82. The van der Waals surface area contributed by atoms with Crippen molar-refractivity contribution in [2.45, 2.75) is 33.2 Å². The highest BCUT2D eigenvalue weighted by atomic mass is 32.2. The van der Waals surface area contributed by atoms with Gasteiger partial charge < -0.3 is 0 Å². The molecule has 0 aromatic rings. The minimum atomic E-state index is -2.92. The van der Waals surface area contributed by atoms with Crippen LogP contribution in [0, 0.1) is 5.92 Å². The molecule has 3 nitrogen and oxygen atoms in total. The van der Waals surface area contributed by atoms with Crippen LogP contribution in [0.15, 0.2) is 0 Å². The van der Waals surface area contributed by atoms with E-state index in [4.69, 9.17) is 0 Å². The first-order valence-corrected chi connectivity index (χ1v) is 6.09. The summed E-state index contributed by atoms with van der Waals surface area (Å²) in [5.41, 5.74) is 0. The highest BCUT2D eigenvalue weighted by Gasteiger charge is 2.37. The zero-order valence-corrected chi connectivity index (χ0v) is 8.76. The van der Waals surface area contributed by atoms with Gasteiger partial charge in [-0.15, -0.1) is 0 Å². The third-order valence-electron chi connectivity index (χ3n) is 2.51. The van der Waals surface area contributed by atoms with Crippen molar-refractivity contribution in [2.75, 3.05) is 12.3 Å². The average molecular weight is 191 g/mol. The van der Waals surface area contributed by atoms with E-state index >= 15 is 0 Å². The maximum Gasteiger partial charge on any atom is 0.214 e. The molecule has 4 heteroatoms. The van der Waals surface area contributed by atoms with Crippen LogP contribution in [0.25, 0.3) is 0 Å². The molecule has 1 rings (SSSR count). The van der Waals surface area contributed by atoms with Gasteiger partial charge in [0.05, 0.1) is 5.75 Å². The lowest BCUT2D eigenvalue weighted by molar-refractivity contribution is 0.151. The molecule has 1 heterocycles. The monoisotopic (exact) mass is 191 g/mol. The second kappa shape index (κ2) is 3.34. The summed E-state index contributed by atoms with van der Waals surface area (Å²) in [5, 5.41) is 0. The summed E-state index contributed by atoms with van der Waals surface area (Å²) >= 11 is 0. The van der Waals surface area contributed by atoms with Gasteiger partial charge in [0, 0.05) is 12.6 Å². The summed E-state index contributed by atoms with van der Waals surface area (Å²) in [6.07, 6.45) is 1.02. The molecule has 1 atom stereocenters. The van der Waals surface area contributed by atoms with E-state index in [1.54, 1.807) is 11.2 Å². The molecule has 0 saturated carbocycles. The summed E-state index contributed by atoms with van der Waals surface area (Å²) in [6, 6.07) is 0.259. The Morgan fingerprint density at radius 1 is 1.50 bits per heavy atom. The lowest BCUT2D eigenvalue weighted by atomic mass is 9.95. The Hall–Kier alpha value is -0.0900. The van der Waals surface area contributed by atoms with Crippen molar-refractivity contribution in [3.05, 3.63) is 0 Å². The van der Waals surface area contributed by atoms with Crippen molar-refractivity contribution in [2.24, 2.45) is 5.92 Å². The van der Waals surface area contributed by atoms with Gasteiger partial charge in [-0.1, -0.05) is 13.8 Å². The molecule has 0 amide bonds.